The van der Waals surface area contributed by atoms with Gasteiger partial charge in [-0.15, -0.1) is 11.3 Å². The molecule has 30 heavy (non-hydrogen) atoms. The van der Waals surface area contributed by atoms with Crippen molar-refractivity contribution in [1.82, 2.24) is 15.1 Å². The van der Waals surface area contributed by atoms with Gasteiger partial charge in [-0.25, -0.2) is 4.98 Å². The van der Waals surface area contributed by atoms with E-state index in [1.54, 1.807) is 23.1 Å². The highest BCUT2D eigenvalue weighted by Crippen LogP contribution is 2.31. The number of amides is 1. The summed E-state index contributed by atoms with van der Waals surface area (Å²) in [6, 6.07) is 17.6. The second-order valence-electron chi connectivity index (χ2n) is 6.62. The van der Waals surface area contributed by atoms with Crippen LogP contribution < -0.4 is 5.32 Å². The summed E-state index contributed by atoms with van der Waals surface area (Å²) in [5, 5.41) is 8.92. The summed E-state index contributed by atoms with van der Waals surface area (Å²) in [5.74, 6) is 1.56. The average Bonchev–Trinajstić information content (AvgIpc) is 3.41. The van der Waals surface area contributed by atoms with Gasteiger partial charge < -0.3 is 9.84 Å². The van der Waals surface area contributed by atoms with Gasteiger partial charge in [-0.3, -0.25) is 4.79 Å². The maximum Gasteiger partial charge on any atom is 0.227 e. The molecule has 0 unspecified atom stereocenters. The Morgan fingerprint density at radius 3 is 2.73 bits per heavy atom. The van der Waals surface area contributed by atoms with E-state index in [-0.39, 0.29) is 12.3 Å². The topological polar surface area (TPSA) is 80.9 Å². The van der Waals surface area contributed by atoms with Crippen molar-refractivity contribution >= 4 is 34.7 Å². The predicted molar refractivity (Wildman–Crippen MR) is 120 cm³/mol. The molecule has 1 amide bonds. The third kappa shape index (κ3) is 5.34. The molecule has 0 atom stereocenters. The molecule has 2 aromatic heterocycles. The number of carbonyl (C=O) groups excluding carboxylic acids is 1. The van der Waals surface area contributed by atoms with E-state index in [0.29, 0.717) is 23.9 Å². The van der Waals surface area contributed by atoms with Crippen LogP contribution in [0.4, 0.5) is 5.69 Å². The zero-order chi connectivity index (χ0) is 20.8. The Hall–Kier alpha value is -2.97. The van der Waals surface area contributed by atoms with Crippen molar-refractivity contribution < 1.29 is 9.32 Å². The Balaban J connectivity index is 1.27. The van der Waals surface area contributed by atoms with Gasteiger partial charge in [-0.1, -0.05) is 59.4 Å². The lowest BCUT2D eigenvalue weighted by molar-refractivity contribution is -0.116. The molecule has 0 saturated heterocycles. The molecule has 0 fully saturated rings. The van der Waals surface area contributed by atoms with Crippen LogP contribution in [0.3, 0.4) is 0 Å². The van der Waals surface area contributed by atoms with E-state index in [4.69, 9.17) is 9.51 Å². The molecule has 0 aliphatic rings. The fourth-order valence-electron chi connectivity index (χ4n) is 2.85. The van der Waals surface area contributed by atoms with Gasteiger partial charge in [0.1, 0.15) is 0 Å². The van der Waals surface area contributed by atoms with Crippen molar-refractivity contribution in [3.63, 3.8) is 0 Å². The van der Waals surface area contributed by atoms with Crippen LogP contribution in [-0.4, -0.2) is 21.0 Å². The van der Waals surface area contributed by atoms with Crippen LogP contribution >= 0.6 is 23.1 Å². The van der Waals surface area contributed by atoms with Gasteiger partial charge in [0.25, 0.3) is 0 Å². The molecule has 2 aromatic carbocycles. The summed E-state index contributed by atoms with van der Waals surface area (Å²) in [6.45, 7) is 2.09. The maximum atomic E-state index is 12.0. The Morgan fingerprint density at radius 2 is 1.90 bits per heavy atom. The minimum Gasteiger partial charge on any atom is -0.339 e. The highest BCUT2D eigenvalue weighted by molar-refractivity contribution is 8.00. The number of benzene rings is 2. The van der Waals surface area contributed by atoms with Gasteiger partial charge >= 0.3 is 0 Å². The molecule has 4 rings (SSSR count). The molecule has 1 N–H and O–H groups in total. The SMILES string of the molecule is Cc1ccccc1-c1csc(SCc2noc(CCC(=O)Nc3ccccc3)n2)n1. The van der Waals surface area contributed by atoms with E-state index >= 15 is 0 Å². The molecule has 2 heterocycles. The number of carbonyl (C=O) groups is 1. The lowest BCUT2D eigenvalue weighted by atomic mass is 10.1. The molecule has 0 aliphatic heterocycles. The van der Waals surface area contributed by atoms with E-state index in [1.165, 1.54) is 5.56 Å². The minimum atomic E-state index is -0.0816. The van der Waals surface area contributed by atoms with Crippen molar-refractivity contribution in [2.45, 2.75) is 29.9 Å². The number of hydrogen-bond donors (Lipinski definition) is 1. The van der Waals surface area contributed by atoms with E-state index in [2.05, 4.69) is 39.9 Å². The highest BCUT2D eigenvalue weighted by Gasteiger charge is 2.12. The number of aryl methyl sites for hydroxylation is 2. The number of nitrogens with zero attached hydrogens (tertiary/aromatic N) is 3. The molecule has 0 spiro atoms. The first kappa shape index (κ1) is 20.3. The van der Waals surface area contributed by atoms with Gasteiger partial charge in [0.05, 0.1) is 11.4 Å². The van der Waals surface area contributed by atoms with E-state index in [1.807, 2.05) is 42.5 Å². The number of nitrogens with one attached hydrogen (secondary N) is 1. The fraction of sp³-hybridized carbons (Fsp3) is 0.182. The minimum absolute atomic E-state index is 0.0816. The summed E-state index contributed by atoms with van der Waals surface area (Å²) < 4.78 is 6.23. The predicted octanol–water partition coefficient (Wildman–Crippen LogP) is 5.37. The lowest BCUT2D eigenvalue weighted by Crippen LogP contribution is -2.12. The largest absolute Gasteiger partial charge is 0.339 e. The fourth-order valence-corrected chi connectivity index (χ4v) is 4.52. The maximum absolute atomic E-state index is 12.0. The molecule has 152 valence electrons. The average molecular weight is 437 g/mol. The molecule has 0 radical (unpaired) electrons. The smallest absolute Gasteiger partial charge is 0.227 e. The highest BCUT2D eigenvalue weighted by atomic mass is 32.2. The van der Waals surface area contributed by atoms with Crippen molar-refractivity contribution in [2.75, 3.05) is 5.32 Å². The van der Waals surface area contributed by atoms with Crippen LogP contribution in [0, 0.1) is 6.92 Å². The number of hydrogen-bond acceptors (Lipinski definition) is 7. The monoisotopic (exact) mass is 436 g/mol. The van der Waals surface area contributed by atoms with Crippen LogP contribution in [0.1, 0.15) is 23.7 Å². The second-order valence-corrected chi connectivity index (χ2v) is 8.70. The van der Waals surface area contributed by atoms with Gasteiger partial charge in [0, 0.05) is 29.5 Å². The molecular weight excluding hydrogens is 416 g/mol. The van der Waals surface area contributed by atoms with Crippen molar-refractivity contribution in [3.8, 4) is 11.3 Å². The van der Waals surface area contributed by atoms with Crippen molar-refractivity contribution in [3.05, 3.63) is 77.3 Å². The summed E-state index contributed by atoms with van der Waals surface area (Å²) in [5.41, 5.74) is 4.12. The summed E-state index contributed by atoms with van der Waals surface area (Å²) >= 11 is 3.18. The number of para-hydroxylation sites is 1. The second kappa shape index (κ2) is 9.69. The molecule has 0 saturated carbocycles. The molecule has 4 aromatic rings. The number of thiazole rings is 1. The van der Waals surface area contributed by atoms with E-state index < -0.39 is 0 Å². The van der Waals surface area contributed by atoms with Crippen LogP contribution in [0.2, 0.25) is 0 Å². The summed E-state index contributed by atoms with van der Waals surface area (Å²) in [4.78, 5) is 21.1. The van der Waals surface area contributed by atoms with Crippen LogP contribution in [-0.2, 0) is 17.0 Å². The first-order chi connectivity index (χ1) is 14.7. The molecule has 0 aliphatic carbocycles. The third-order valence-electron chi connectivity index (χ3n) is 4.36. The number of anilines is 1. The summed E-state index contributed by atoms with van der Waals surface area (Å²) in [6.07, 6.45) is 0.695. The Labute approximate surface area is 182 Å². The third-order valence-corrected chi connectivity index (χ3v) is 6.38. The van der Waals surface area contributed by atoms with E-state index in [9.17, 15) is 4.79 Å². The van der Waals surface area contributed by atoms with E-state index in [0.717, 1.165) is 21.3 Å². The number of rotatable bonds is 8. The first-order valence-corrected chi connectivity index (χ1v) is 11.3. The molecule has 8 heteroatoms. The van der Waals surface area contributed by atoms with Crippen molar-refractivity contribution in [1.29, 1.82) is 0 Å². The number of thioether (sulfide) groups is 1. The molecule has 6 nitrogen and oxygen atoms in total. The number of aromatic nitrogens is 3. The normalized spacial score (nSPS) is 10.8. The Morgan fingerprint density at radius 1 is 1.10 bits per heavy atom. The van der Waals surface area contributed by atoms with Gasteiger partial charge in [-0.2, -0.15) is 4.98 Å². The van der Waals surface area contributed by atoms with Gasteiger partial charge in [-0.05, 0) is 24.6 Å². The molecule has 0 bridgehead atoms. The summed E-state index contributed by atoms with van der Waals surface area (Å²) in [7, 11) is 0. The Kier molecular flexibility index (Phi) is 6.56. The van der Waals surface area contributed by atoms with Gasteiger partial charge in [0.2, 0.25) is 11.8 Å². The van der Waals surface area contributed by atoms with Gasteiger partial charge in [0.15, 0.2) is 10.2 Å². The quantitative estimate of drug-likeness (QED) is 0.374. The van der Waals surface area contributed by atoms with Crippen LogP contribution in [0.15, 0.2) is 68.8 Å². The zero-order valence-electron chi connectivity index (χ0n) is 16.4. The first-order valence-electron chi connectivity index (χ1n) is 9.48. The lowest BCUT2D eigenvalue weighted by Gasteiger charge is -2.02. The van der Waals surface area contributed by atoms with Crippen LogP contribution in [0.5, 0.6) is 0 Å². The van der Waals surface area contributed by atoms with Crippen molar-refractivity contribution in [2.24, 2.45) is 0 Å². The standard InChI is InChI=1S/C22H20N4O2S2/c1-15-7-5-6-10-17(15)18-13-29-22(24-18)30-14-19-25-21(28-26-19)12-11-20(27)23-16-8-3-2-4-9-16/h2-10,13H,11-12,14H2,1H3,(H,23,27). The zero-order valence-corrected chi connectivity index (χ0v) is 18.0. The molecular formula is C22H20N4O2S2. The Bertz CT molecular complexity index is 1120. The van der Waals surface area contributed by atoms with Crippen LogP contribution in [0.25, 0.3) is 11.3 Å².